The maximum atomic E-state index is 2.00. The third-order valence-electron chi connectivity index (χ3n) is 1.98. The molecule has 0 N–H and O–H groups in total. The molecule has 2 atom stereocenters. The van der Waals surface area contributed by atoms with Gasteiger partial charge in [0.1, 0.15) is 0 Å². The molecule has 2 aliphatic rings. The lowest BCUT2D eigenvalue weighted by molar-refractivity contribution is 0.468. The van der Waals surface area contributed by atoms with Gasteiger partial charge in [0.15, 0.2) is 0 Å². The molecule has 0 aromatic rings. The molecule has 0 saturated heterocycles. The van der Waals surface area contributed by atoms with E-state index < -0.39 is 0 Å². The minimum atomic E-state index is 1.23. The summed E-state index contributed by atoms with van der Waals surface area (Å²) in [6, 6.07) is 0. The van der Waals surface area contributed by atoms with Crippen molar-refractivity contribution in [3.8, 4) is 0 Å². The summed E-state index contributed by atoms with van der Waals surface area (Å²) in [7, 11) is 0. The summed E-state index contributed by atoms with van der Waals surface area (Å²) in [5.74, 6) is 2.46. The summed E-state index contributed by atoms with van der Waals surface area (Å²) < 4.78 is 0. The average molecular weight is 128 g/mol. The van der Waals surface area contributed by atoms with Gasteiger partial charge in [0.05, 0.1) is 0 Å². The van der Waals surface area contributed by atoms with Crippen LogP contribution < -0.4 is 0 Å². The number of fused-ring (bicyclic) bond motifs is 1. The molecule has 0 nitrogen and oxygen atoms in total. The second-order valence-electron chi connectivity index (χ2n) is 2.33. The highest BCUT2D eigenvalue weighted by atomic mass is 14.5. The molecule has 0 bridgehead atoms. The minimum Gasteiger partial charge on any atom is -0.0683 e. The molecule has 2 rings (SSSR count). The molecule has 0 radical (unpaired) electrons. The van der Waals surface area contributed by atoms with Crippen LogP contribution in [0.3, 0.4) is 0 Å². The second kappa shape index (κ2) is 4.84. The van der Waals surface area contributed by atoms with Crippen LogP contribution in [0.2, 0.25) is 0 Å². The SMILES string of the molecule is C1CC2CC12.CC.CC. The van der Waals surface area contributed by atoms with E-state index >= 15 is 0 Å². The second-order valence-corrected chi connectivity index (χ2v) is 2.33. The van der Waals surface area contributed by atoms with Crippen molar-refractivity contribution in [2.75, 3.05) is 0 Å². The van der Waals surface area contributed by atoms with Gasteiger partial charge in [0, 0.05) is 0 Å². The largest absolute Gasteiger partial charge is 0.0683 e. The molecule has 0 aromatic carbocycles. The molecule has 0 heterocycles. The van der Waals surface area contributed by atoms with E-state index in [0.717, 1.165) is 0 Å². The minimum absolute atomic E-state index is 1.23. The van der Waals surface area contributed by atoms with Crippen LogP contribution >= 0.6 is 0 Å². The van der Waals surface area contributed by atoms with Crippen molar-refractivity contribution in [3.05, 3.63) is 0 Å². The Morgan fingerprint density at radius 1 is 0.778 bits per heavy atom. The Hall–Kier alpha value is 0. The van der Waals surface area contributed by atoms with Crippen molar-refractivity contribution in [1.82, 2.24) is 0 Å². The zero-order valence-electron chi connectivity index (χ0n) is 7.28. The molecule has 0 aliphatic heterocycles. The third-order valence-corrected chi connectivity index (χ3v) is 1.98. The van der Waals surface area contributed by atoms with Crippen LogP contribution in [0.25, 0.3) is 0 Å². The van der Waals surface area contributed by atoms with Crippen LogP contribution in [-0.2, 0) is 0 Å². The van der Waals surface area contributed by atoms with Crippen molar-refractivity contribution in [3.63, 3.8) is 0 Å². The lowest BCUT2D eigenvalue weighted by Crippen LogP contribution is -1.93. The summed E-state index contributed by atoms with van der Waals surface area (Å²) in [6.07, 6.45) is 4.70. The van der Waals surface area contributed by atoms with E-state index in [9.17, 15) is 0 Å². The van der Waals surface area contributed by atoms with E-state index in [-0.39, 0.29) is 0 Å². The Balaban J connectivity index is 0.000000143. The van der Waals surface area contributed by atoms with Crippen LogP contribution in [0.15, 0.2) is 0 Å². The van der Waals surface area contributed by atoms with E-state index in [1.165, 1.54) is 11.8 Å². The van der Waals surface area contributed by atoms with Gasteiger partial charge in [0.25, 0.3) is 0 Å². The first-order valence-corrected chi connectivity index (χ1v) is 4.47. The highest BCUT2D eigenvalue weighted by Gasteiger charge is 2.44. The van der Waals surface area contributed by atoms with Crippen LogP contribution in [0, 0.1) is 11.8 Å². The fraction of sp³-hybridized carbons (Fsp3) is 1.00. The van der Waals surface area contributed by atoms with Gasteiger partial charge >= 0.3 is 0 Å². The van der Waals surface area contributed by atoms with Gasteiger partial charge in [-0.3, -0.25) is 0 Å². The van der Waals surface area contributed by atoms with E-state index in [0.29, 0.717) is 0 Å². The Labute approximate surface area is 59.7 Å². The van der Waals surface area contributed by atoms with Crippen LogP contribution in [-0.4, -0.2) is 0 Å². The molecule has 2 unspecified atom stereocenters. The zero-order chi connectivity index (χ0) is 7.28. The third kappa shape index (κ3) is 2.38. The molecule has 0 heteroatoms. The van der Waals surface area contributed by atoms with E-state index in [1.54, 1.807) is 19.3 Å². The van der Waals surface area contributed by atoms with Crippen molar-refractivity contribution >= 4 is 0 Å². The summed E-state index contributed by atoms with van der Waals surface area (Å²) >= 11 is 0. The molecular formula is C9H20. The van der Waals surface area contributed by atoms with E-state index in [2.05, 4.69) is 0 Å². The van der Waals surface area contributed by atoms with Gasteiger partial charge in [-0.1, -0.05) is 27.7 Å². The summed E-state index contributed by atoms with van der Waals surface area (Å²) in [5.41, 5.74) is 0. The van der Waals surface area contributed by atoms with E-state index in [1.807, 2.05) is 27.7 Å². The monoisotopic (exact) mass is 128 g/mol. The van der Waals surface area contributed by atoms with Crippen molar-refractivity contribution in [2.45, 2.75) is 47.0 Å². The summed E-state index contributed by atoms with van der Waals surface area (Å²) in [4.78, 5) is 0. The van der Waals surface area contributed by atoms with Crippen LogP contribution in [0.4, 0.5) is 0 Å². The molecule has 0 aromatic heterocycles. The van der Waals surface area contributed by atoms with E-state index in [4.69, 9.17) is 0 Å². The van der Waals surface area contributed by atoms with Crippen LogP contribution in [0.5, 0.6) is 0 Å². The van der Waals surface area contributed by atoms with Crippen LogP contribution in [0.1, 0.15) is 47.0 Å². The fourth-order valence-corrected chi connectivity index (χ4v) is 1.18. The summed E-state index contributed by atoms with van der Waals surface area (Å²) in [5, 5.41) is 0. The first kappa shape index (κ1) is 9.00. The molecule has 0 amide bonds. The van der Waals surface area contributed by atoms with Gasteiger partial charge < -0.3 is 0 Å². The lowest BCUT2D eigenvalue weighted by Gasteiger charge is -2.04. The Morgan fingerprint density at radius 2 is 1.11 bits per heavy atom. The first-order valence-electron chi connectivity index (χ1n) is 4.47. The van der Waals surface area contributed by atoms with Gasteiger partial charge in [-0.25, -0.2) is 0 Å². The highest BCUT2D eigenvalue weighted by Crippen LogP contribution is 2.55. The standard InChI is InChI=1S/C5H8.2C2H6/c1-2-5-3-4(1)5;2*1-2/h4-5H,1-3H2;2*1-2H3. The van der Waals surface area contributed by atoms with Gasteiger partial charge in [-0.05, 0) is 31.1 Å². The van der Waals surface area contributed by atoms with Gasteiger partial charge in [0.2, 0.25) is 0 Å². The van der Waals surface area contributed by atoms with Gasteiger partial charge in [-0.2, -0.15) is 0 Å². The van der Waals surface area contributed by atoms with Gasteiger partial charge in [-0.15, -0.1) is 0 Å². The first-order chi connectivity index (χ1) is 4.47. The van der Waals surface area contributed by atoms with Crippen molar-refractivity contribution < 1.29 is 0 Å². The molecule has 0 spiro atoms. The Morgan fingerprint density at radius 3 is 1.11 bits per heavy atom. The average Bonchev–Trinajstić information content (AvgIpc) is 2.49. The maximum Gasteiger partial charge on any atom is -0.0383 e. The Kier molecular flexibility index (Phi) is 4.84. The normalized spacial score (nSPS) is 33.3. The fourth-order valence-electron chi connectivity index (χ4n) is 1.18. The molecule has 2 saturated carbocycles. The maximum absolute atomic E-state index is 2.00. The molecular weight excluding hydrogens is 108 g/mol. The zero-order valence-corrected chi connectivity index (χ0v) is 7.28. The highest BCUT2D eigenvalue weighted by molar-refractivity contribution is 4.95. The molecule has 2 aliphatic carbocycles. The topological polar surface area (TPSA) is 0 Å². The number of hydrogen-bond acceptors (Lipinski definition) is 0. The smallest absolute Gasteiger partial charge is 0.0383 e. The quantitative estimate of drug-likeness (QED) is 0.468. The Bertz CT molecular complexity index is 45.1. The number of hydrogen-bond donors (Lipinski definition) is 0. The number of rotatable bonds is 0. The van der Waals surface area contributed by atoms with Crippen molar-refractivity contribution in [1.29, 1.82) is 0 Å². The lowest BCUT2D eigenvalue weighted by atomic mass is 10.0. The molecule has 2 fully saturated rings. The molecule has 56 valence electrons. The molecule has 9 heavy (non-hydrogen) atoms. The van der Waals surface area contributed by atoms with Crippen molar-refractivity contribution in [2.24, 2.45) is 11.8 Å². The summed E-state index contributed by atoms with van der Waals surface area (Å²) in [6.45, 7) is 8.00. The predicted molar refractivity (Wildman–Crippen MR) is 43.5 cm³/mol. The predicted octanol–water partition coefficient (Wildman–Crippen LogP) is 3.47.